The predicted octanol–water partition coefficient (Wildman–Crippen LogP) is 2.85. The van der Waals surface area contributed by atoms with Gasteiger partial charge in [-0.05, 0) is 32.0 Å². The molecule has 0 saturated carbocycles. The molecule has 1 atom stereocenters. The maximum absolute atomic E-state index is 4.42. The van der Waals surface area contributed by atoms with Crippen LogP contribution in [0.2, 0.25) is 0 Å². The third-order valence-corrected chi connectivity index (χ3v) is 4.72. The summed E-state index contributed by atoms with van der Waals surface area (Å²) in [7, 11) is 0. The van der Waals surface area contributed by atoms with Crippen LogP contribution in [0.25, 0.3) is 0 Å². The zero-order valence-electron chi connectivity index (χ0n) is 11.9. The molecule has 2 heterocycles. The highest BCUT2D eigenvalue weighted by Crippen LogP contribution is 2.25. The molecule has 0 spiro atoms. The fourth-order valence-corrected chi connectivity index (χ4v) is 3.56. The molecule has 0 radical (unpaired) electrons. The first-order valence-corrected chi connectivity index (χ1v) is 8.05. The third kappa shape index (κ3) is 3.08. The predicted molar refractivity (Wildman–Crippen MR) is 83.8 cm³/mol. The van der Waals surface area contributed by atoms with Crippen LogP contribution in [0.1, 0.15) is 23.9 Å². The number of nitrogens with zero attached hydrogens (tertiary/aromatic N) is 2. The third-order valence-electron chi connectivity index (χ3n) is 3.96. The van der Waals surface area contributed by atoms with Crippen molar-refractivity contribution in [1.82, 2.24) is 15.2 Å². The topological polar surface area (TPSA) is 28.2 Å². The van der Waals surface area contributed by atoms with Gasteiger partial charge in [0, 0.05) is 18.1 Å². The van der Waals surface area contributed by atoms with Gasteiger partial charge in [-0.25, -0.2) is 4.98 Å². The number of benzene rings is 1. The first-order chi connectivity index (χ1) is 9.76. The Hall–Kier alpha value is -1.23. The SMILES string of the molecule is CC1(c2ccccc2)CN(Cc2nccs2)CCCN1. The van der Waals surface area contributed by atoms with Crippen LogP contribution in [-0.2, 0) is 12.1 Å². The monoisotopic (exact) mass is 287 g/mol. The lowest BCUT2D eigenvalue weighted by molar-refractivity contribution is 0.213. The Morgan fingerprint density at radius 2 is 2.20 bits per heavy atom. The second-order valence-corrected chi connectivity index (χ2v) is 6.59. The van der Waals surface area contributed by atoms with E-state index in [2.05, 4.69) is 57.8 Å². The second-order valence-electron chi connectivity index (χ2n) is 5.61. The summed E-state index contributed by atoms with van der Waals surface area (Å²) < 4.78 is 0. The van der Waals surface area contributed by atoms with Crippen molar-refractivity contribution in [2.45, 2.75) is 25.4 Å². The van der Waals surface area contributed by atoms with Crippen LogP contribution in [0.3, 0.4) is 0 Å². The Morgan fingerprint density at radius 3 is 2.95 bits per heavy atom. The first kappa shape index (κ1) is 13.7. The van der Waals surface area contributed by atoms with Gasteiger partial charge in [0.1, 0.15) is 5.01 Å². The Labute approximate surface area is 124 Å². The van der Waals surface area contributed by atoms with Gasteiger partial charge in [-0.3, -0.25) is 4.90 Å². The van der Waals surface area contributed by atoms with E-state index in [0.29, 0.717) is 0 Å². The highest BCUT2D eigenvalue weighted by atomic mass is 32.1. The lowest BCUT2D eigenvalue weighted by Gasteiger charge is -2.34. The van der Waals surface area contributed by atoms with Crippen molar-refractivity contribution < 1.29 is 0 Å². The molecule has 0 amide bonds. The molecule has 20 heavy (non-hydrogen) atoms. The molecule has 106 valence electrons. The van der Waals surface area contributed by atoms with Gasteiger partial charge in [0.25, 0.3) is 0 Å². The minimum absolute atomic E-state index is 0.0228. The van der Waals surface area contributed by atoms with E-state index < -0.39 is 0 Å². The zero-order chi connectivity index (χ0) is 13.8. The molecule has 3 rings (SSSR count). The van der Waals surface area contributed by atoms with Crippen LogP contribution >= 0.6 is 11.3 Å². The fraction of sp³-hybridized carbons (Fsp3) is 0.438. The molecular formula is C16H21N3S. The van der Waals surface area contributed by atoms with Crippen LogP contribution in [-0.4, -0.2) is 29.5 Å². The Bertz CT molecular complexity index is 526. The molecule has 1 fully saturated rings. The van der Waals surface area contributed by atoms with Gasteiger partial charge in [0.05, 0.1) is 12.1 Å². The Balaban J connectivity index is 1.78. The maximum atomic E-state index is 4.42. The number of rotatable bonds is 3. The van der Waals surface area contributed by atoms with E-state index in [4.69, 9.17) is 0 Å². The fourth-order valence-electron chi connectivity index (χ4n) is 2.91. The Kier molecular flexibility index (Phi) is 4.15. The van der Waals surface area contributed by atoms with Gasteiger partial charge in [0.15, 0.2) is 0 Å². The summed E-state index contributed by atoms with van der Waals surface area (Å²) in [6.07, 6.45) is 3.08. The molecule has 3 nitrogen and oxygen atoms in total. The minimum Gasteiger partial charge on any atom is -0.307 e. The normalized spacial score (nSPS) is 24.4. The minimum atomic E-state index is 0.0228. The van der Waals surface area contributed by atoms with Gasteiger partial charge in [-0.2, -0.15) is 0 Å². The van der Waals surface area contributed by atoms with Crippen molar-refractivity contribution in [3.8, 4) is 0 Å². The number of hydrogen-bond donors (Lipinski definition) is 1. The zero-order valence-corrected chi connectivity index (χ0v) is 12.7. The van der Waals surface area contributed by atoms with Gasteiger partial charge in [-0.1, -0.05) is 30.3 Å². The van der Waals surface area contributed by atoms with Crippen LogP contribution in [0.4, 0.5) is 0 Å². The van der Waals surface area contributed by atoms with E-state index >= 15 is 0 Å². The van der Waals surface area contributed by atoms with E-state index in [-0.39, 0.29) is 5.54 Å². The summed E-state index contributed by atoms with van der Waals surface area (Å²) in [4.78, 5) is 6.94. The summed E-state index contributed by atoms with van der Waals surface area (Å²) in [5, 5.41) is 6.99. The standard InChI is InChI=1S/C16H21N3S/c1-16(14-6-3-2-4-7-14)13-19(10-5-8-18-16)12-15-17-9-11-20-15/h2-4,6-7,9,11,18H,5,8,10,12-13H2,1H3. The smallest absolute Gasteiger partial charge is 0.107 e. The molecule has 1 unspecified atom stereocenters. The van der Waals surface area contributed by atoms with E-state index in [0.717, 1.165) is 26.2 Å². The number of thiazole rings is 1. The average Bonchev–Trinajstić information content (AvgIpc) is 2.90. The molecule has 0 aliphatic carbocycles. The summed E-state index contributed by atoms with van der Waals surface area (Å²) in [6, 6.07) is 10.8. The maximum Gasteiger partial charge on any atom is 0.107 e. The molecule has 0 bridgehead atoms. The van der Waals surface area contributed by atoms with Crippen molar-refractivity contribution in [1.29, 1.82) is 0 Å². The highest BCUT2D eigenvalue weighted by Gasteiger charge is 2.30. The van der Waals surface area contributed by atoms with Crippen LogP contribution < -0.4 is 5.32 Å². The van der Waals surface area contributed by atoms with Gasteiger partial charge in [0.2, 0.25) is 0 Å². The van der Waals surface area contributed by atoms with Crippen molar-refractivity contribution in [3.05, 3.63) is 52.5 Å². The molecule has 1 saturated heterocycles. The van der Waals surface area contributed by atoms with Crippen molar-refractivity contribution >= 4 is 11.3 Å². The molecular weight excluding hydrogens is 266 g/mol. The molecule has 1 aromatic carbocycles. The van der Waals surface area contributed by atoms with Gasteiger partial charge >= 0.3 is 0 Å². The van der Waals surface area contributed by atoms with Gasteiger partial charge < -0.3 is 5.32 Å². The lowest BCUT2D eigenvalue weighted by Crippen LogP contribution is -2.46. The quantitative estimate of drug-likeness (QED) is 0.941. The average molecular weight is 287 g/mol. The first-order valence-electron chi connectivity index (χ1n) is 7.17. The largest absolute Gasteiger partial charge is 0.307 e. The summed E-state index contributed by atoms with van der Waals surface area (Å²) in [5.41, 5.74) is 1.39. The highest BCUT2D eigenvalue weighted by molar-refractivity contribution is 7.09. The molecule has 4 heteroatoms. The molecule has 2 aromatic rings. The van der Waals surface area contributed by atoms with Crippen LogP contribution in [0, 0.1) is 0 Å². The van der Waals surface area contributed by atoms with Crippen molar-refractivity contribution in [2.75, 3.05) is 19.6 Å². The molecule has 1 N–H and O–H groups in total. The molecule has 1 aromatic heterocycles. The molecule has 1 aliphatic rings. The number of nitrogens with one attached hydrogen (secondary N) is 1. The number of aromatic nitrogens is 1. The van der Waals surface area contributed by atoms with E-state index in [1.165, 1.54) is 17.0 Å². The van der Waals surface area contributed by atoms with E-state index in [1.807, 2.05) is 6.20 Å². The van der Waals surface area contributed by atoms with Crippen molar-refractivity contribution in [3.63, 3.8) is 0 Å². The summed E-state index contributed by atoms with van der Waals surface area (Å²) >= 11 is 1.75. The Morgan fingerprint density at radius 1 is 1.35 bits per heavy atom. The van der Waals surface area contributed by atoms with Gasteiger partial charge in [-0.15, -0.1) is 11.3 Å². The molecule has 1 aliphatic heterocycles. The number of hydrogen-bond acceptors (Lipinski definition) is 4. The van der Waals surface area contributed by atoms with Crippen LogP contribution in [0.5, 0.6) is 0 Å². The van der Waals surface area contributed by atoms with E-state index in [9.17, 15) is 0 Å². The second kappa shape index (κ2) is 6.04. The van der Waals surface area contributed by atoms with Crippen LogP contribution in [0.15, 0.2) is 41.9 Å². The van der Waals surface area contributed by atoms with E-state index in [1.54, 1.807) is 11.3 Å². The summed E-state index contributed by atoms with van der Waals surface area (Å²) in [5.74, 6) is 0. The van der Waals surface area contributed by atoms with Crippen molar-refractivity contribution in [2.24, 2.45) is 0 Å². The summed E-state index contributed by atoms with van der Waals surface area (Å²) in [6.45, 7) is 6.50. The lowest BCUT2D eigenvalue weighted by atomic mass is 9.91.